The number of fused-ring (bicyclic) bond motifs is 1. The van der Waals surface area contributed by atoms with Crippen molar-refractivity contribution in [1.82, 2.24) is 14.6 Å². The van der Waals surface area contributed by atoms with Crippen LogP contribution < -0.4 is 10.6 Å². The summed E-state index contributed by atoms with van der Waals surface area (Å²) in [5.74, 6) is -0.769. The summed E-state index contributed by atoms with van der Waals surface area (Å²) < 4.78 is 6.74. The van der Waals surface area contributed by atoms with Crippen molar-refractivity contribution in [3.8, 4) is 11.3 Å². The zero-order valence-electron chi connectivity index (χ0n) is 17.0. The monoisotopic (exact) mass is 457 g/mol. The normalized spacial score (nSPS) is 10.8. The van der Waals surface area contributed by atoms with Crippen molar-refractivity contribution < 1.29 is 14.0 Å². The molecule has 8 nitrogen and oxygen atoms in total. The minimum atomic E-state index is -0.470. The van der Waals surface area contributed by atoms with E-state index in [0.717, 1.165) is 11.3 Å². The Morgan fingerprint density at radius 1 is 0.909 bits per heavy atom. The number of hydrogen-bond donors (Lipinski definition) is 2. The van der Waals surface area contributed by atoms with Gasteiger partial charge in [0.1, 0.15) is 5.56 Å². The number of nitrogens with one attached hydrogen (secondary N) is 2. The number of anilines is 2. The van der Waals surface area contributed by atoms with Crippen molar-refractivity contribution in [3.63, 3.8) is 0 Å². The Kier molecular flexibility index (Phi) is 5.34. The van der Waals surface area contributed by atoms with E-state index in [0.29, 0.717) is 22.0 Å². The molecule has 2 aromatic carbocycles. The van der Waals surface area contributed by atoms with E-state index in [2.05, 4.69) is 20.7 Å². The fourth-order valence-electron chi connectivity index (χ4n) is 3.39. The maximum absolute atomic E-state index is 13.1. The van der Waals surface area contributed by atoms with Crippen LogP contribution in [0.1, 0.15) is 20.9 Å². The van der Waals surface area contributed by atoms with Crippen LogP contribution in [0.4, 0.5) is 11.4 Å². The first-order chi connectivity index (χ1) is 16.1. The second kappa shape index (κ2) is 8.60. The molecule has 0 aliphatic rings. The fourth-order valence-corrected chi connectivity index (χ4v) is 3.56. The number of halogens is 1. The molecular formula is C24H16ClN5O3. The molecule has 5 aromatic rings. The number of carbonyl (C=O) groups is 2. The van der Waals surface area contributed by atoms with Crippen LogP contribution >= 0.6 is 11.6 Å². The first-order valence-corrected chi connectivity index (χ1v) is 10.3. The summed E-state index contributed by atoms with van der Waals surface area (Å²) in [5.41, 5.74) is 3.13. The molecule has 33 heavy (non-hydrogen) atoms. The highest BCUT2D eigenvalue weighted by Crippen LogP contribution is 2.28. The lowest BCUT2D eigenvalue weighted by molar-refractivity contribution is 0.0993. The summed E-state index contributed by atoms with van der Waals surface area (Å²) in [6.45, 7) is 0. The third-order valence-corrected chi connectivity index (χ3v) is 5.17. The van der Waals surface area contributed by atoms with Crippen LogP contribution in [0.5, 0.6) is 0 Å². The Hall–Kier alpha value is -4.43. The second-order valence-corrected chi connectivity index (χ2v) is 7.50. The summed E-state index contributed by atoms with van der Waals surface area (Å²) in [5, 5.41) is 10.3. The molecule has 0 bridgehead atoms. The molecule has 0 saturated heterocycles. The first kappa shape index (κ1) is 20.5. The second-order valence-electron chi connectivity index (χ2n) is 7.07. The van der Waals surface area contributed by atoms with Gasteiger partial charge in [-0.3, -0.25) is 9.59 Å². The molecule has 9 heteroatoms. The molecule has 5 rings (SSSR count). The maximum Gasteiger partial charge on any atom is 0.291 e. The molecule has 2 amide bonds. The Labute approximate surface area is 192 Å². The van der Waals surface area contributed by atoms with Crippen LogP contribution in [0, 0.1) is 0 Å². The lowest BCUT2D eigenvalue weighted by Crippen LogP contribution is -2.16. The Balaban J connectivity index is 1.45. The first-order valence-electron chi connectivity index (χ1n) is 9.94. The van der Waals surface area contributed by atoms with Crippen molar-refractivity contribution in [2.75, 3.05) is 10.6 Å². The zero-order chi connectivity index (χ0) is 22.8. The number of benzene rings is 2. The van der Waals surface area contributed by atoms with Crippen LogP contribution in [0.15, 0.2) is 89.8 Å². The van der Waals surface area contributed by atoms with Crippen LogP contribution in [0.25, 0.3) is 16.9 Å². The third-order valence-electron chi connectivity index (χ3n) is 4.94. The van der Waals surface area contributed by atoms with E-state index in [1.807, 2.05) is 36.4 Å². The molecule has 0 spiro atoms. The molecular weight excluding hydrogens is 442 g/mol. The summed E-state index contributed by atoms with van der Waals surface area (Å²) >= 11 is 6.10. The van der Waals surface area contributed by atoms with Crippen molar-refractivity contribution in [2.24, 2.45) is 0 Å². The maximum atomic E-state index is 13.1. The summed E-state index contributed by atoms with van der Waals surface area (Å²) in [6, 6.07) is 19.4. The molecule has 0 radical (unpaired) electrons. The average molecular weight is 458 g/mol. The minimum Gasteiger partial charge on any atom is -0.459 e. The molecule has 162 valence electrons. The van der Waals surface area contributed by atoms with Crippen LogP contribution in [0.3, 0.4) is 0 Å². The van der Waals surface area contributed by atoms with E-state index in [4.69, 9.17) is 16.0 Å². The van der Waals surface area contributed by atoms with Crippen molar-refractivity contribution in [3.05, 3.63) is 102 Å². The largest absolute Gasteiger partial charge is 0.459 e. The van der Waals surface area contributed by atoms with Gasteiger partial charge in [0.2, 0.25) is 0 Å². The van der Waals surface area contributed by atoms with Gasteiger partial charge < -0.3 is 15.1 Å². The highest BCUT2D eigenvalue weighted by Gasteiger charge is 2.19. The predicted octanol–water partition coefficient (Wildman–Crippen LogP) is 5.15. The molecule has 2 N–H and O–H groups in total. The van der Waals surface area contributed by atoms with Gasteiger partial charge in [0.05, 0.1) is 29.5 Å². The molecule has 0 unspecified atom stereocenters. The molecule has 0 saturated carbocycles. The van der Waals surface area contributed by atoms with Crippen LogP contribution in [-0.4, -0.2) is 26.4 Å². The topological polar surface area (TPSA) is 102 Å². The standard InChI is InChI=1S/C24H16ClN5O3/c25-16-8-9-18(19(13-16)29-24(32)21-7-4-12-33-21)28-23(31)17-14-27-30-20(10-11-26-22(17)30)15-5-2-1-3-6-15/h1-14H,(H,28,31)(H,29,32). The quantitative estimate of drug-likeness (QED) is 0.380. The van der Waals surface area contributed by atoms with E-state index >= 15 is 0 Å². The van der Waals surface area contributed by atoms with Gasteiger partial charge in [-0.15, -0.1) is 0 Å². The van der Waals surface area contributed by atoms with E-state index in [-0.39, 0.29) is 11.3 Å². The van der Waals surface area contributed by atoms with Gasteiger partial charge in [0, 0.05) is 16.8 Å². The van der Waals surface area contributed by atoms with E-state index in [9.17, 15) is 9.59 Å². The highest BCUT2D eigenvalue weighted by atomic mass is 35.5. The van der Waals surface area contributed by atoms with E-state index in [1.54, 1.807) is 35.0 Å². The molecule has 0 aliphatic heterocycles. The Morgan fingerprint density at radius 2 is 1.73 bits per heavy atom. The number of amides is 2. The number of carbonyl (C=O) groups excluding carboxylic acids is 2. The van der Waals surface area contributed by atoms with Gasteiger partial charge in [-0.25, -0.2) is 9.50 Å². The highest BCUT2D eigenvalue weighted by molar-refractivity contribution is 6.31. The molecule has 0 fully saturated rings. The lowest BCUT2D eigenvalue weighted by atomic mass is 10.1. The Morgan fingerprint density at radius 3 is 2.52 bits per heavy atom. The zero-order valence-corrected chi connectivity index (χ0v) is 17.8. The summed E-state index contributed by atoms with van der Waals surface area (Å²) in [7, 11) is 0. The number of nitrogens with zero attached hydrogens (tertiary/aromatic N) is 3. The minimum absolute atomic E-state index is 0.132. The number of rotatable bonds is 5. The summed E-state index contributed by atoms with van der Waals surface area (Å²) in [4.78, 5) is 29.9. The van der Waals surface area contributed by atoms with Gasteiger partial charge in [-0.05, 0) is 36.4 Å². The average Bonchev–Trinajstić information content (AvgIpc) is 3.51. The van der Waals surface area contributed by atoms with Gasteiger partial charge in [0.25, 0.3) is 11.8 Å². The van der Waals surface area contributed by atoms with Crippen molar-refractivity contribution in [1.29, 1.82) is 0 Å². The SMILES string of the molecule is O=C(Nc1cc(Cl)ccc1NC(=O)c1cnn2c(-c3ccccc3)ccnc12)c1ccco1. The number of hydrogen-bond acceptors (Lipinski definition) is 5. The van der Waals surface area contributed by atoms with Gasteiger partial charge in [0.15, 0.2) is 11.4 Å². The van der Waals surface area contributed by atoms with Gasteiger partial charge >= 0.3 is 0 Å². The fraction of sp³-hybridized carbons (Fsp3) is 0. The molecule has 3 aromatic heterocycles. The molecule has 3 heterocycles. The number of aromatic nitrogens is 3. The smallest absolute Gasteiger partial charge is 0.291 e. The van der Waals surface area contributed by atoms with Crippen LogP contribution in [-0.2, 0) is 0 Å². The third kappa shape index (κ3) is 4.07. The molecule has 0 atom stereocenters. The van der Waals surface area contributed by atoms with E-state index in [1.165, 1.54) is 18.5 Å². The number of furan rings is 1. The Bertz CT molecular complexity index is 1460. The van der Waals surface area contributed by atoms with Crippen molar-refractivity contribution in [2.45, 2.75) is 0 Å². The summed E-state index contributed by atoms with van der Waals surface area (Å²) in [6.07, 6.45) is 4.49. The van der Waals surface area contributed by atoms with Crippen LogP contribution in [0.2, 0.25) is 5.02 Å². The van der Waals surface area contributed by atoms with Gasteiger partial charge in [-0.1, -0.05) is 41.9 Å². The van der Waals surface area contributed by atoms with E-state index < -0.39 is 11.8 Å². The lowest BCUT2D eigenvalue weighted by Gasteiger charge is -2.12. The molecule has 0 aliphatic carbocycles. The van der Waals surface area contributed by atoms with Gasteiger partial charge in [-0.2, -0.15) is 5.10 Å². The predicted molar refractivity (Wildman–Crippen MR) is 124 cm³/mol. The van der Waals surface area contributed by atoms with Crippen molar-refractivity contribution >= 4 is 40.4 Å².